The quantitative estimate of drug-likeness (QED) is 0.154. The smallest absolute Gasteiger partial charge is 0.329 e. The van der Waals surface area contributed by atoms with Gasteiger partial charge in [-0.25, -0.2) is 14.3 Å². The van der Waals surface area contributed by atoms with Crippen molar-refractivity contribution < 1.29 is 24.2 Å². The molecule has 0 radical (unpaired) electrons. The number of hydrogen-bond acceptors (Lipinski definition) is 8. The first-order chi connectivity index (χ1) is 19.3. The summed E-state index contributed by atoms with van der Waals surface area (Å²) in [6.07, 6.45) is 0.292. The van der Waals surface area contributed by atoms with E-state index in [1.165, 1.54) is 0 Å². The summed E-state index contributed by atoms with van der Waals surface area (Å²) < 4.78 is 12.0. The molecule has 0 bridgehead atoms. The van der Waals surface area contributed by atoms with E-state index in [-0.39, 0.29) is 28.2 Å². The number of benzene rings is 2. The molecule has 1 amide bonds. The number of aromatic amines is 1. The van der Waals surface area contributed by atoms with Crippen LogP contribution in [-0.4, -0.2) is 51.2 Å². The predicted octanol–water partition coefficient (Wildman–Crippen LogP) is 5.00. The molecule has 0 fully saturated rings. The number of rotatable bonds is 13. The Bertz CT molecular complexity index is 1490. The monoisotopic (exact) mass is 564 g/mol. The number of ketones is 1. The Labute approximate surface area is 235 Å². The summed E-state index contributed by atoms with van der Waals surface area (Å²) in [5.41, 5.74) is 1.14. The lowest BCUT2D eigenvalue weighted by Gasteiger charge is -2.24. The van der Waals surface area contributed by atoms with E-state index < -0.39 is 23.6 Å². The maximum Gasteiger partial charge on any atom is 0.329 e. The Morgan fingerprint density at radius 3 is 2.50 bits per heavy atom. The van der Waals surface area contributed by atoms with E-state index in [0.29, 0.717) is 37.6 Å². The number of hydrogen-bond donors (Lipinski definition) is 3. The minimum atomic E-state index is -1.13. The number of nitrogens with one attached hydrogen (secondary N) is 2. The number of Topliss-reactive ketones (excluding diaryl/α,β-unsaturated/α-hetero) is 1. The van der Waals surface area contributed by atoms with Crippen molar-refractivity contribution in [3.63, 3.8) is 0 Å². The molecule has 210 valence electrons. The van der Waals surface area contributed by atoms with E-state index in [1.807, 2.05) is 37.3 Å². The summed E-state index contributed by atoms with van der Waals surface area (Å²) in [5, 5.41) is 15.8. The summed E-state index contributed by atoms with van der Waals surface area (Å²) in [6.45, 7) is 6.92. The van der Waals surface area contributed by atoms with Crippen molar-refractivity contribution in [2.45, 2.75) is 39.2 Å². The first kappa shape index (κ1) is 28.8. The number of anilines is 1. The Kier molecular flexibility index (Phi) is 9.52. The van der Waals surface area contributed by atoms with Crippen LogP contribution in [-0.2, 0) is 9.53 Å². The number of aromatic hydroxyl groups is 1. The van der Waals surface area contributed by atoms with Crippen molar-refractivity contribution in [3.05, 3.63) is 81.7 Å². The Hall–Kier alpha value is -4.22. The summed E-state index contributed by atoms with van der Waals surface area (Å²) in [4.78, 5) is 45.9. The van der Waals surface area contributed by atoms with E-state index in [0.717, 1.165) is 21.5 Å². The fraction of sp³-hybridized carbons (Fsp3) is 0.310. The number of amides is 1. The van der Waals surface area contributed by atoms with Crippen molar-refractivity contribution >= 4 is 28.2 Å². The highest BCUT2D eigenvalue weighted by Gasteiger charge is 2.33. The van der Waals surface area contributed by atoms with E-state index in [9.17, 15) is 19.5 Å². The minimum absolute atomic E-state index is 0.138. The summed E-state index contributed by atoms with van der Waals surface area (Å²) in [6, 6.07) is 15.0. The zero-order chi connectivity index (χ0) is 28.6. The molecule has 10 nitrogen and oxygen atoms in total. The van der Waals surface area contributed by atoms with Crippen molar-refractivity contribution in [2.75, 3.05) is 25.1 Å². The predicted molar refractivity (Wildman–Crippen MR) is 153 cm³/mol. The first-order valence-electron chi connectivity index (χ1n) is 13.0. The van der Waals surface area contributed by atoms with E-state index in [4.69, 9.17) is 9.47 Å². The van der Waals surface area contributed by atoms with Gasteiger partial charge in [0.05, 0.1) is 6.61 Å². The van der Waals surface area contributed by atoms with Gasteiger partial charge >= 0.3 is 5.69 Å². The van der Waals surface area contributed by atoms with Crippen LogP contribution < -0.4 is 15.7 Å². The van der Waals surface area contributed by atoms with Crippen LogP contribution in [0.15, 0.2) is 64.8 Å². The van der Waals surface area contributed by atoms with Crippen molar-refractivity contribution in [1.29, 1.82) is 0 Å². The van der Waals surface area contributed by atoms with Crippen LogP contribution in [0.5, 0.6) is 11.6 Å². The van der Waals surface area contributed by atoms with Gasteiger partial charge in [0.15, 0.2) is 10.9 Å². The van der Waals surface area contributed by atoms with Gasteiger partial charge in [0.2, 0.25) is 11.8 Å². The Morgan fingerprint density at radius 1 is 1.10 bits per heavy atom. The maximum absolute atomic E-state index is 13.7. The molecule has 40 heavy (non-hydrogen) atoms. The van der Waals surface area contributed by atoms with E-state index in [1.54, 1.807) is 43.5 Å². The van der Waals surface area contributed by atoms with Gasteiger partial charge in [-0.15, -0.1) is 11.3 Å². The fourth-order valence-electron chi connectivity index (χ4n) is 4.31. The molecule has 3 N–H and O–H groups in total. The summed E-state index contributed by atoms with van der Waals surface area (Å²) >= 11 is 1.12. The molecule has 2 heterocycles. The minimum Gasteiger partial charge on any atom is -0.493 e. The zero-order valence-electron chi connectivity index (χ0n) is 22.5. The number of thiazole rings is 1. The van der Waals surface area contributed by atoms with Crippen molar-refractivity contribution in [1.82, 2.24) is 14.5 Å². The van der Waals surface area contributed by atoms with Gasteiger partial charge < -0.3 is 24.9 Å². The summed E-state index contributed by atoms with van der Waals surface area (Å²) in [5.74, 6) is -0.961. The molecule has 2 aromatic heterocycles. The van der Waals surface area contributed by atoms with Gasteiger partial charge in [0.25, 0.3) is 0 Å². The lowest BCUT2D eigenvalue weighted by atomic mass is 9.92. The molecule has 2 atom stereocenters. The van der Waals surface area contributed by atoms with Gasteiger partial charge in [-0.3, -0.25) is 9.59 Å². The van der Waals surface area contributed by atoms with Gasteiger partial charge in [-0.05, 0) is 36.8 Å². The Morgan fingerprint density at radius 2 is 1.82 bits per heavy atom. The van der Waals surface area contributed by atoms with Crippen LogP contribution in [0.2, 0.25) is 0 Å². The molecule has 0 spiro atoms. The molecule has 2 aromatic carbocycles. The van der Waals surface area contributed by atoms with Crippen LogP contribution in [0.4, 0.5) is 5.13 Å². The van der Waals surface area contributed by atoms with Crippen LogP contribution in [0.25, 0.3) is 11.3 Å². The average molecular weight is 565 g/mol. The van der Waals surface area contributed by atoms with Crippen LogP contribution in [0, 0.1) is 0 Å². The molecule has 4 rings (SSSR count). The maximum atomic E-state index is 13.7. The third-order valence-electron chi connectivity index (χ3n) is 6.43. The number of imidazole rings is 1. The number of carbonyl (C=O) groups excluding carboxylic acids is 2. The molecule has 0 aliphatic heterocycles. The molecular formula is C29H32N4O6S. The van der Waals surface area contributed by atoms with Crippen molar-refractivity contribution in [3.8, 4) is 22.9 Å². The topological polar surface area (TPSA) is 136 Å². The number of carbonyl (C=O) groups is 2. The second-order valence-corrected chi connectivity index (χ2v) is 9.87. The second kappa shape index (κ2) is 13.2. The van der Waals surface area contributed by atoms with Crippen LogP contribution >= 0.6 is 11.3 Å². The average Bonchev–Trinajstić information content (AvgIpc) is 3.55. The third kappa shape index (κ3) is 6.49. The second-order valence-electron chi connectivity index (χ2n) is 9.02. The lowest BCUT2D eigenvalue weighted by molar-refractivity contribution is -0.120. The number of H-pyrrole nitrogens is 1. The SMILES string of the molecule is CCOCCOc1ccc(-c2[nH]c(=O)n([C@H](C(=O)Nc3nc(C(=O)CC)cs3)[C@@H](C)c3ccccc3)c2O)cc1. The summed E-state index contributed by atoms with van der Waals surface area (Å²) in [7, 11) is 0. The van der Waals surface area contributed by atoms with Crippen LogP contribution in [0.1, 0.15) is 55.2 Å². The molecule has 0 unspecified atom stereocenters. The normalized spacial score (nSPS) is 12.6. The van der Waals surface area contributed by atoms with Gasteiger partial charge in [0, 0.05) is 29.9 Å². The first-order valence-corrected chi connectivity index (χ1v) is 13.9. The van der Waals surface area contributed by atoms with Gasteiger partial charge in [-0.1, -0.05) is 44.2 Å². The number of nitrogens with zero attached hydrogens (tertiary/aromatic N) is 2. The molecule has 0 saturated carbocycles. The molecule has 11 heteroatoms. The molecule has 0 aliphatic rings. The van der Waals surface area contributed by atoms with Crippen LogP contribution in [0.3, 0.4) is 0 Å². The van der Waals surface area contributed by atoms with E-state index >= 15 is 0 Å². The Balaban J connectivity index is 1.66. The highest BCUT2D eigenvalue weighted by molar-refractivity contribution is 7.14. The molecule has 0 aliphatic carbocycles. The number of ether oxygens (including phenoxy) is 2. The molecule has 0 saturated heterocycles. The van der Waals surface area contributed by atoms with Crippen molar-refractivity contribution in [2.24, 2.45) is 0 Å². The van der Waals surface area contributed by atoms with E-state index in [2.05, 4.69) is 15.3 Å². The number of aromatic nitrogens is 3. The zero-order valence-corrected chi connectivity index (χ0v) is 23.4. The van der Waals surface area contributed by atoms with Gasteiger partial charge in [-0.2, -0.15) is 0 Å². The fourth-order valence-corrected chi connectivity index (χ4v) is 5.02. The highest BCUT2D eigenvalue weighted by Crippen LogP contribution is 2.35. The molecule has 4 aromatic rings. The standard InChI is InChI=1S/C29H32N4O6S/c1-4-23(34)22-17-40-28(30-22)32-26(35)25(18(3)19-9-7-6-8-10-19)33-27(36)24(31-29(33)37)20-11-13-21(14-12-20)39-16-15-38-5-2/h6-14,17-18,25,36H,4-5,15-16H2,1-3H3,(H,31,37)(H,30,32,35)/t18-,25-/m0/s1. The largest absolute Gasteiger partial charge is 0.493 e. The third-order valence-corrected chi connectivity index (χ3v) is 7.19. The van der Waals surface area contributed by atoms with Gasteiger partial charge in [0.1, 0.15) is 29.8 Å². The lowest BCUT2D eigenvalue weighted by Crippen LogP contribution is -2.35. The molecular weight excluding hydrogens is 532 g/mol. The highest BCUT2D eigenvalue weighted by atomic mass is 32.1.